The summed E-state index contributed by atoms with van der Waals surface area (Å²) in [7, 11) is 0. The molecule has 0 amide bonds. The van der Waals surface area contributed by atoms with Gasteiger partial charge in [-0.25, -0.2) is 0 Å². The zero-order chi connectivity index (χ0) is 11.0. The lowest BCUT2D eigenvalue weighted by Crippen LogP contribution is -2.42. The molecule has 86 valence electrons. The highest BCUT2D eigenvalue weighted by Crippen LogP contribution is 2.44. The van der Waals surface area contributed by atoms with Gasteiger partial charge in [-0.05, 0) is 50.9 Å². The van der Waals surface area contributed by atoms with Crippen LogP contribution in [0.1, 0.15) is 30.4 Å². The summed E-state index contributed by atoms with van der Waals surface area (Å²) in [4.78, 5) is 0. The van der Waals surface area contributed by atoms with Gasteiger partial charge in [0.1, 0.15) is 5.75 Å². The van der Waals surface area contributed by atoms with Crippen LogP contribution in [0.4, 0.5) is 0 Å². The van der Waals surface area contributed by atoms with Crippen molar-refractivity contribution in [1.29, 1.82) is 0 Å². The summed E-state index contributed by atoms with van der Waals surface area (Å²) in [6.07, 6.45) is 3.70. The van der Waals surface area contributed by atoms with Gasteiger partial charge in [0, 0.05) is 11.0 Å². The third kappa shape index (κ3) is 1.52. The largest absolute Gasteiger partial charge is 0.493 e. The first kappa shape index (κ1) is 10.2. The van der Waals surface area contributed by atoms with Crippen LogP contribution in [0.3, 0.4) is 0 Å². The van der Waals surface area contributed by atoms with E-state index < -0.39 is 0 Å². The molecule has 0 aromatic heterocycles. The summed E-state index contributed by atoms with van der Waals surface area (Å²) in [6, 6.07) is 6.70. The number of aryl methyl sites for hydroxylation is 1. The van der Waals surface area contributed by atoms with Crippen LogP contribution in [-0.2, 0) is 5.41 Å². The number of hydrogen-bond donors (Lipinski definition) is 1. The maximum Gasteiger partial charge on any atom is 0.123 e. The second-order valence-corrected chi connectivity index (χ2v) is 5.13. The highest BCUT2D eigenvalue weighted by molar-refractivity contribution is 5.44. The molecule has 0 bridgehead atoms. The van der Waals surface area contributed by atoms with Crippen LogP contribution >= 0.6 is 0 Å². The molecule has 0 atom stereocenters. The molecule has 0 unspecified atom stereocenters. The predicted molar refractivity (Wildman–Crippen MR) is 65.1 cm³/mol. The Balaban J connectivity index is 2.04. The van der Waals surface area contributed by atoms with E-state index in [0.29, 0.717) is 5.41 Å². The molecule has 1 aromatic rings. The van der Waals surface area contributed by atoms with Gasteiger partial charge in [-0.1, -0.05) is 12.1 Å². The van der Waals surface area contributed by atoms with Crippen LogP contribution in [0.15, 0.2) is 18.2 Å². The van der Waals surface area contributed by atoms with Gasteiger partial charge in [0.2, 0.25) is 0 Å². The number of ether oxygens (including phenoxy) is 1. The molecule has 0 aliphatic carbocycles. The second-order valence-electron chi connectivity index (χ2n) is 5.13. The molecule has 2 heteroatoms. The summed E-state index contributed by atoms with van der Waals surface area (Å²) in [5.41, 5.74) is 3.14. The van der Waals surface area contributed by atoms with Crippen molar-refractivity contribution in [1.82, 2.24) is 5.32 Å². The van der Waals surface area contributed by atoms with Crippen molar-refractivity contribution in [2.24, 2.45) is 0 Å². The lowest BCUT2D eigenvalue weighted by Gasteiger charge is -2.42. The first-order chi connectivity index (χ1) is 7.80. The van der Waals surface area contributed by atoms with E-state index >= 15 is 0 Å². The Morgan fingerprint density at radius 1 is 1.19 bits per heavy atom. The van der Waals surface area contributed by atoms with Crippen LogP contribution in [0.5, 0.6) is 5.75 Å². The van der Waals surface area contributed by atoms with Crippen molar-refractivity contribution >= 4 is 0 Å². The summed E-state index contributed by atoms with van der Waals surface area (Å²) in [5.74, 6) is 1.13. The summed E-state index contributed by atoms with van der Waals surface area (Å²) >= 11 is 0. The number of piperidine rings is 1. The SMILES string of the molecule is Cc1ccc2c(c1)OCCC21CCNCC1. The predicted octanol–water partition coefficient (Wildman–Crippen LogP) is 2.40. The first-order valence-corrected chi connectivity index (χ1v) is 6.25. The quantitative estimate of drug-likeness (QED) is 0.720. The van der Waals surface area contributed by atoms with Crippen molar-refractivity contribution in [3.05, 3.63) is 29.3 Å². The maximum absolute atomic E-state index is 5.81. The Kier molecular flexibility index (Phi) is 2.40. The topological polar surface area (TPSA) is 21.3 Å². The van der Waals surface area contributed by atoms with E-state index in [-0.39, 0.29) is 0 Å². The smallest absolute Gasteiger partial charge is 0.123 e. The van der Waals surface area contributed by atoms with E-state index in [1.54, 1.807) is 0 Å². The molecule has 1 spiro atoms. The summed E-state index contributed by atoms with van der Waals surface area (Å²) in [6.45, 7) is 5.31. The zero-order valence-corrected chi connectivity index (χ0v) is 9.88. The van der Waals surface area contributed by atoms with Gasteiger partial charge in [0.05, 0.1) is 6.61 Å². The number of hydrogen-bond acceptors (Lipinski definition) is 2. The zero-order valence-electron chi connectivity index (χ0n) is 9.88. The molecule has 2 aliphatic rings. The Labute approximate surface area is 97.0 Å². The molecule has 1 fully saturated rings. The molecule has 2 heterocycles. The summed E-state index contributed by atoms with van der Waals surface area (Å²) < 4.78 is 5.81. The van der Waals surface area contributed by atoms with E-state index in [2.05, 4.69) is 30.4 Å². The van der Waals surface area contributed by atoms with Crippen LogP contribution in [0, 0.1) is 6.92 Å². The number of nitrogens with one attached hydrogen (secondary N) is 1. The summed E-state index contributed by atoms with van der Waals surface area (Å²) in [5, 5.41) is 3.46. The fourth-order valence-electron chi connectivity index (χ4n) is 3.10. The van der Waals surface area contributed by atoms with Gasteiger partial charge >= 0.3 is 0 Å². The minimum absolute atomic E-state index is 0.395. The van der Waals surface area contributed by atoms with Crippen LogP contribution in [0.2, 0.25) is 0 Å². The van der Waals surface area contributed by atoms with Crippen molar-refractivity contribution < 1.29 is 4.74 Å². The number of rotatable bonds is 0. The standard InChI is InChI=1S/C14H19NO/c1-11-2-3-12-13(10-11)16-9-6-14(12)4-7-15-8-5-14/h2-3,10,15H,4-9H2,1H3. The van der Waals surface area contributed by atoms with E-state index in [0.717, 1.165) is 25.4 Å². The molecule has 2 aliphatic heterocycles. The Morgan fingerprint density at radius 3 is 2.81 bits per heavy atom. The lowest BCUT2D eigenvalue weighted by atomic mass is 9.69. The van der Waals surface area contributed by atoms with Crippen LogP contribution in [-0.4, -0.2) is 19.7 Å². The minimum atomic E-state index is 0.395. The average Bonchev–Trinajstić information content (AvgIpc) is 2.30. The molecular formula is C14H19NO. The molecular weight excluding hydrogens is 198 g/mol. The van der Waals surface area contributed by atoms with Gasteiger partial charge in [-0.3, -0.25) is 0 Å². The molecule has 3 rings (SSSR count). The van der Waals surface area contributed by atoms with Crippen molar-refractivity contribution in [2.75, 3.05) is 19.7 Å². The van der Waals surface area contributed by atoms with Crippen molar-refractivity contribution in [2.45, 2.75) is 31.6 Å². The van der Waals surface area contributed by atoms with Gasteiger partial charge in [0.25, 0.3) is 0 Å². The van der Waals surface area contributed by atoms with E-state index in [1.165, 1.54) is 30.4 Å². The van der Waals surface area contributed by atoms with Crippen LogP contribution < -0.4 is 10.1 Å². The monoisotopic (exact) mass is 217 g/mol. The van der Waals surface area contributed by atoms with E-state index in [1.807, 2.05) is 0 Å². The Morgan fingerprint density at radius 2 is 2.00 bits per heavy atom. The number of benzene rings is 1. The molecule has 0 saturated carbocycles. The minimum Gasteiger partial charge on any atom is -0.493 e. The molecule has 16 heavy (non-hydrogen) atoms. The molecule has 1 aromatic carbocycles. The normalized spacial score (nSPS) is 22.6. The fourth-order valence-corrected chi connectivity index (χ4v) is 3.10. The third-order valence-corrected chi connectivity index (χ3v) is 4.11. The van der Waals surface area contributed by atoms with Crippen LogP contribution in [0.25, 0.3) is 0 Å². The first-order valence-electron chi connectivity index (χ1n) is 6.25. The van der Waals surface area contributed by atoms with Gasteiger partial charge in [0.15, 0.2) is 0 Å². The lowest BCUT2D eigenvalue weighted by molar-refractivity contribution is 0.180. The van der Waals surface area contributed by atoms with Gasteiger partial charge in [-0.15, -0.1) is 0 Å². The van der Waals surface area contributed by atoms with Gasteiger partial charge < -0.3 is 10.1 Å². The third-order valence-electron chi connectivity index (χ3n) is 4.11. The molecule has 1 saturated heterocycles. The van der Waals surface area contributed by atoms with E-state index in [9.17, 15) is 0 Å². The van der Waals surface area contributed by atoms with Gasteiger partial charge in [-0.2, -0.15) is 0 Å². The molecule has 2 nitrogen and oxygen atoms in total. The Bertz CT molecular complexity index is 394. The molecule has 1 N–H and O–H groups in total. The highest BCUT2D eigenvalue weighted by atomic mass is 16.5. The highest BCUT2D eigenvalue weighted by Gasteiger charge is 2.38. The van der Waals surface area contributed by atoms with Crippen molar-refractivity contribution in [3.63, 3.8) is 0 Å². The number of fused-ring (bicyclic) bond motifs is 2. The Hall–Kier alpha value is -1.02. The van der Waals surface area contributed by atoms with Crippen molar-refractivity contribution in [3.8, 4) is 5.75 Å². The molecule has 0 radical (unpaired) electrons. The fraction of sp³-hybridized carbons (Fsp3) is 0.571. The van der Waals surface area contributed by atoms with E-state index in [4.69, 9.17) is 4.74 Å². The average molecular weight is 217 g/mol. The second kappa shape index (κ2) is 3.77. The maximum atomic E-state index is 5.81.